The SMILES string of the molecule is CCCN(CCCCN(C(=O)c1ccccc1)c1ccnnc1)[C@@H]1CCc2c(cccc2OC)C1. The molecule has 6 nitrogen and oxygen atoms in total. The summed E-state index contributed by atoms with van der Waals surface area (Å²) in [4.78, 5) is 17.7. The number of anilines is 1. The lowest BCUT2D eigenvalue weighted by molar-refractivity contribution is 0.0985. The lowest BCUT2D eigenvalue weighted by atomic mass is 9.86. The zero-order valence-electron chi connectivity index (χ0n) is 20.9. The highest BCUT2D eigenvalue weighted by atomic mass is 16.5. The molecule has 0 N–H and O–H groups in total. The van der Waals surface area contributed by atoms with E-state index in [1.54, 1.807) is 19.5 Å². The number of methoxy groups -OCH3 is 1. The molecule has 0 unspecified atom stereocenters. The summed E-state index contributed by atoms with van der Waals surface area (Å²) >= 11 is 0. The second-order valence-corrected chi connectivity index (χ2v) is 9.16. The number of hydrogen-bond acceptors (Lipinski definition) is 5. The van der Waals surface area contributed by atoms with Gasteiger partial charge in [-0.05, 0) is 87.0 Å². The van der Waals surface area contributed by atoms with Crippen molar-refractivity contribution in [3.63, 3.8) is 0 Å². The van der Waals surface area contributed by atoms with Crippen LogP contribution in [0.25, 0.3) is 0 Å². The van der Waals surface area contributed by atoms with E-state index in [0.717, 1.165) is 63.1 Å². The summed E-state index contributed by atoms with van der Waals surface area (Å²) in [6.45, 7) is 5.05. The topological polar surface area (TPSA) is 58.6 Å². The van der Waals surface area contributed by atoms with Crippen LogP contribution in [0.5, 0.6) is 5.75 Å². The van der Waals surface area contributed by atoms with E-state index >= 15 is 0 Å². The largest absolute Gasteiger partial charge is 0.496 e. The van der Waals surface area contributed by atoms with Crippen LogP contribution in [-0.2, 0) is 12.8 Å². The maximum Gasteiger partial charge on any atom is 0.258 e. The van der Waals surface area contributed by atoms with Crippen molar-refractivity contribution in [1.29, 1.82) is 0 Å². The highest BCUT2D eigenvalue weighted by molar-refractivity contribution is 6.05. The average molecular weight is 473 g/mol. The molecule has 1 heterocycles. The monoisotopic (exact) mass is 472 g/mol. The van der Waals surface area contributed by atoms with Crippen molar-refractivity contribution < 1.29 is 9.53 Å². The van der Waals surface area contributed by atoms with Crippen LogP contribution >= 0.6 is 0 Å². The van der Waals surface area contributed by atoms with Gasteiger partial charge < -0.3 is 14.5 Å². The van der Waals surface area contributed by atoms with Gasteiger partial charge in [-0.2, -0.15) is 10.2 Å². The fraction of sp³-hybridized carbons (Fsp3) is 0.414. The van der Waals surface area contributed by atoms with Gasteiger partial charge in [0.05, 0.1) is 25.2 Å². The molecular formula is C29H36N4O2. The van der Waals surface area contributed by atoms with Crippen LogP contribution in [0, 0.1) is 0 Å². The van der Waals surface area contributed by atoms with E-state index in [1.807, 2.05) is 41.3 Å². The number of fused-ring (bicyclic) bond motifs is 1. The number of aromatic nitrogens is 2. The molecule has 1 amide bonds. The Morgan fingerprint density at radius 3 is 2.57 bits per heavy atom. The molecule has 2 aromatic carbocycles. The van der Waals surface area contributed by atoms with E-state index in [9.17, 15) is 4.79 Å². The normalized spacial score (nSPS) is 15.0. The molecule has 6 heteroatoms. The second kappa shape index (κ2) is 12.5. The number of unbranched alkanes of at least 4 members (excludes halogenated alkanes) is 1. The first-order valence-corrected chi connectivity index (χ1v) is 12.7. The minimum absolute atomic E-state index is 0.00171. The summed E-state index contributed by atoms with van der Waals surface area (Å²) in [5.74, 6) is 1.03. The summed E-state index contributed by atoms with van der Waals surface area (Å²) in [6.07, 6.45) is 9.72. The molecule has 0 aliphatic heterocycles. The molecule has 0 spiro atoms. The fourth-order valence-electron chi connectivity index (χ4n) is 5.13. The summed E-state index contributed by atoms with van der Waals surface area (Å²) in [5, 5.41) is 7.87. The molecule has 0 bridgehead atoms. The summed E-state index contributed by atoms with van der Waals surface area (Å²) in [6, 6.07) is 18.3. The fourth-order valence-corrected chi connectivity index (χ4v) is 5.13. The van der Waals surface area contributed by atoms with Crippen LogP contribution in [0.3, 0.4) is 0 Å². The van der Waals surface area contributed by atoms with Gasteiger partial charge in [-0.15, -0.1) is 0 Å². The molecule has 1 aliphatic carbocycles. The van der Waals surface area contributed by atoms with Crippen molar-refractivity contribution in [2.24, 2.45) is 0 Å². The molecule has 0 saturated heterocycles. The molecule has 0 saturated carbocycles. The van der Waals surface area contributed by atoms with E-state index in [2.05, 4.69) is 40.2 Å². The van der Waals surface area contributed by atoms with Gasteiger partial charge in [-0.25, -0.2) is 0 Å². The van der Waals surface area contributed by atoms with Crippen molar-refractivity contribution in [2.75, 3.05) is 31.6 Å². The first kappa shape index (κ1) is 24.9. The van der Waals surface area contributed by atoms with Gasteiger partial charge >= 0.3 is 0 Å². The van der Waals surface area contributed by atoms with Crippen molar-refractivity contribution in [3.05, 3.63) is 83.7 Å². The lowest BCUT2D eigenvalue weighted by Crippen LogP contribution is -2.41. The molecule has 1 aliphatic rings. The Labute approximate surface area is 208 Å². The quantitative estimate of drug-likeness (QED) is 0.360. The Morgan fingerprint density at radius 2 is 1.83 bits per heavy atom. The Bertz CT molecular complexity index is 1070. The molecular weight excluding hydrogens is 436 g/mol. The maximum atomic E-state index is 13.2. The number of carbonyl (C=O) groups is 1. The highest BCUT2D eigenvalue weighted by Gasteiger charge is 2.25. The molecule has 184 valence electrons. The molecule has 1 atom stereocenters. The van der Waals surface area contributed by atoms with Crippen LogP contribution in [0.2, 0.25) is 0 Å². The minimum Gasteiger partial charge on any atom is -0.496 e. The number of carbonyl (C=O) groups excluding carboxylic acids is 1. The molecule has 0 fully saturated rings. The van der Waals surface area contributed by atoms with Gasteiger partial charge in [0, 0.05) is 18.2 Å². The van der Waals surface area contributed by atoms with Gasteiger partial charge in [0.2, 0.25) is 0 Å². The van der Waals surface area contributed by atoms with E-state index < -0.39 is 0 Å². The van der Waals surface area contributed by atoms with E-state index in [4.69, 9.17) is 4.74 Å². The third kappa shape index (κ3) is 6.25. The number of nitrogens with zero attached hydrogens (tertiary/aromatic N) is 4. The minimum atomic E-state index is 0.00171. The van der Waals surface area contributed by atoms with Gasteiger partial charge in [0.1, 0.15) is 5.75 Å². The van der Waals surface area contributed by atoms with Gasteiger partial charge in [0.15, 0.2) is 0 Å². The van der Waals surface area contributed by atoms with Crippen molar-refractivity contribution in [1.82, 2.24) is 15.1 Å². The van der Waals surface area contributed by atoms with Gasteiger partial charge in [-0.1, -0.05) is 37.3 Å². The van der Waals surface area contributed by atoms with Crippen molar-refractivity contribution in [3.8, 4) is 5.75 Å². The van der Waals surface area contributed by atoms with Crippen LogP contribution in [0.15, 0.2) is 67.0 Å². The van der Waals surface area contributed by atoms with Crippen LogP contribution in [0.1, 0.15) is 54.1 Å². The predicted molar refractivity (Wildman–Crippen MR) is 140 cm³/mol. The molecule has 4 rings (SSSR count). The molecule has 35 heavy (non-hydrogen) atoms. The Kier molecular flexibility index (Phi) is 8.85. The average Bonchev–Trinajstić information content (AvgIpc) is 2.92. The van der Waals surface area contributed by atoms with Gasteiger partial charge in [-0.3, -0.25) is 4.79 Å². The van der Waals surface area contributed by atoms with E-state index in [1.165, 1.54) is 11.1 Å². The summed E-state index contributed by atoms with van der Waals surface area (Å²) < 4.78 is 5.59. The smallest absolute Gasteiger partial charge is 0.258 e. The number of benzene rings is 2. The Balaban J connectivity index is 1.37. The lowest BCUT2D eigenvalue weighted by Gasteiger charge is -2.35. The number of rotatable bonds is 11. The third-order valence-corrected chi connectivity index (χ3v) is 6.88. The van der Waals surface area contributed by atoms with Crippen LogP contribution in [0.4, 0.5) is 5.69 Å². The van der Waals surface area contributed by atoms with Crippen LogP contribution in [-0.4, -0.2) is 53.8 Å². The summed E-state index contributed by atoms with van der Waals surface area (Å²) in [5.41, 5.74) is 4.28. The Morgan fingerprint density at radius 1 is 1.00 bits per heavy atom. The van der Waals surface area contributed by atoms with Crippen molar-refractivity contribution in [2.45, 2.75) is 51.5 Å². The van der Waals surface area contributed by atoms with E-state index in [0.29, 0.717) is 18.2 Å². The molecule has 0 radical (unpaired) electrons. The third-order valence-electron chi connectivity index (χ3n) is 6.88. The zero-order valence-corrected chi connectivity index (χ0v) is 20.9. The summed E-state index contributed by atoms with van der Waals surface area (Å²) in [7, 11) is 1.76. The highest BCUT2D eigenvalue weighted by Crippen LogP contribution is 2.31. The number of hydrogen-bond donors (Lipinski definition) is 0. The number of ether oxygens (including phenoxy) is 1. The van der Waals surface area contributed by atoms with E-state index in [-0.39, 0.29) is 5.91 Å². The standard InChI is InChI=1S/C29H36N4O2/c1-3-18-32(25-14-15-27-24(21-25)12-9-13-28(27)35-2)19-7-8-20-33(26-16-17-30-31-22-26)29(34)23-10-5-4-6-11-23/h4-6,9-13,16-17,22,25H,3,7-8,14-15,18-21H2,1-2H3/t25-/m1/s1. The zero-order chi connectivity index (χ0) is 24.5. The maximum absolute atomic E-state index is 13.2. The predicted octanol–water partition coefficient (Wildman–Crippen LogP) is 5.18. The molecule has 3 aromatic rings. The van der Waals surface area contributed by atoms with Crippen molar-refractivity contribution >= 4 is 11.6 Å². The first-order valence-electron chi connectivity index (χ1n) is 12.7. The van der Waals surface area contributed by atoms with Gasteiger partial charge in [0.25, 0.3) is 5.91 Å². The molecule has 1 aromatic heterocycles. The Hall–Kier alpha value is -3.25. The second-order valence-electron chi connectivity index (χ2n) is 9.16. The first-order chi connectivity index (χ1) is 17.2. The number of amides is 1. The van der Waals surface area contributed by atoms with Crippen LogP contribution < -0.4 is 9.64 Å².